The predicted molar refractivity (Wildman–Crippen MR) is 99.5 cm³/mol. The van der Waals surface area contributed by atoms with Crippen molar-refractivity contribution >= 4 is 17.5 Å². The average molecular weight is 354 g/mol. The van der Waals surface area contributed by atoms with E-state index in [4.69, 9.17) is 0 Å². The fraction of sp³-hybridized carbons (Fsp3) is 0.333. The van der Waals surface area contributed by atoms with Crippen molar-refractivity contribution in [2.75, 3.05) is 11.9 Å². The molecule has 2 atom stereocenters. The first kappa shape index (κ1) is 18.1. The van der Waals surface area contributed by atoms with E-state index in [1.165, 1.54) is 12.1 Å². The van der Waals surface area contributed by atoms with Crippen LogP contribution < -0.4 is 10.6 Å². The van der Waals surface area contributed by atoms with Crippen LogP contribution >= 0.6 is 0 Å². The number of amides is 2. The molecule has 0 heterocycles. The Morgan fingerprint density at radius 1 is 1.08 bits per heavy atom. The maximum atomic E-state index is 13.0. The topological polar surface area (TPSA) is 58.2 Å². The average Bonchev–Trinajstić information content (AvgIpc) is 3.37. The molecule has 0 radical (unpaired) electrons. The van der Waals surface area contributed by atoms with Crippen molar-refractivity contribution in [3.8, 4) is 0 Å². The van der Waals surface area contributed by atoms with E-state index in [0.717, 1.165) is 34.4 Å². The zero-order valence-corrected chi connectivity index (χ0v) is 15.2. The lowest BCUT2D eigenvalue weighted by Crippen LogP contribution is -2.34. The van der Waals surface area contributed by atoms with Crippen LogP contribution in [0.1, 0.15) is 34.6 Å². The Kier molecular flexibility index (Phi) is 5.07. The first-order valence-corrected chi connectivity index (χ1v) is 8.76. The molecule has 2 amide bonds. The largest absolute Gasteiger partial charge is 0.347 e. The Labute approximate surface area is 152 Å². The smallest absolute Gasteiger partial charge is 0.243 e. The Hall–Kier alpha value is -2.69. The minimum absolute atomic E-state index is 0.0573. The molecule has 1 fully saturated rings. The molecule has 0 bridgehead atoms. The van der Waals surface area contributed by atoms with Crippen LogP contribution in [0, 0.1) is 32.5 Å². The van der Waals surface area contributed by atoms with Gasteiger partial charge in [0.15, 0.2) is 0 Å². The van der Waals surface area contributed by atoms with E-state index in [1.54, 1.807) is 12.1 Å². The van der Waals surface area contributed by atoms with E-state index in [9.17, 15) is 14.0 Å². The van der Waals surface area contributed by atoms with Gasteiger partial charge in [-0.05, 0) is 61.9 Å². The number of halogens is 1. The van der Waals surface area contributed by atoms with Gasteiger partial charge in [-0.25, -0.2) is 4.39 Å². The third-order valence-electron chi connectivity index (χ3n) is 4.79. The zero-order valence-electron chi connectivity index (χ0n) is 15.2. The van der Waals surface area contributed by atoms with Gasteiger partial charge in [0.25, 0.3) is 0 Å². The van der Waals surface area contributed by atoms with Gasteiger partial charge >= 0.3 is 0 Å². The number of anilines is 1. The highest BCUT2D eigenvalue weighted by molar-refractivity contribution is 5.96. The number of carbonyl (C=O) groups is 2. The van der Waals surface area contributed by atoms with Gasteiger partial charge in [0.1, 0.15) is 5.82 Å². The van der Waals surface area contributed by atoms with E-state index in [2.05, 4.69) is 10.6 Å². The maximum absolute atomic E-state index is 13.0. The molecule has 26 heavy (non-hydrogen) atoms. The lowest BCUT2D eigenvalue weighted by atomic mass is 10.1. The van der Waals surface area contributed by atoms with Crippen molar-refractivity contribution in [1.82, 2.24) is 5.32 Å². The van der Waals surface area contributed by atoms with Gasteiger partial charge in [0.2, 0.25) is 11.8 Å². The van der Waals surface area contributed by atoms with Gasteiger partial charge in [-0.1, -0.05) is 29.8 Å². The highest BCUT2D eigenvalue weighted by Crippen LogP contribution is 2.47. The minimum Gasteiger partial charge on any atom is -0.347 e. The maximum Gasteiger partial charge on any atom is 0.243 e. The summed E-state index contributed by atoms with van der Waals surface area (Å²) in [6, 6.07) is 10.3. The van der Waals surface area contributed by atoms with Gasteiger partial charge in [-0.2, -0.15) is 0 Å². The van der Waals surface area contributed by atoms with Crippen molar-refractivity contribution in [3.63, 3.8) is 0 Å². The van der Waals surface area contributed by atoms with Crippen molar-refractivity contribution < 1.29 is 14.0 Å². The molecule has 2 unspecified atom stereocenters. The first-order valence-electron chi connectivity index (χ1n) is 8.76. The summed E-state index contributed by atoms with van der Waals surface area (Å²) in [5, 5.41) is 5.58. The molecular weight excluding hydrogens is 331 g/mol. The fourth-order valence-corrected chi connectivity index (χ4v) is 3.42. The van der Waals surface area contributed by atoms with Crippen molar-refractivity contribution in [2.45, 2.75) is 33.1 Å². The SMILES string of the molecule is Cc1cc(C)c(NC(=O)CNC(=O)C2CC2c2ccc(F)cc2)c(C)c1. The second kappa shape index (κ2) is 7.28. The number of rotatable bonds is 5. The fourth-order valence-electron chi connectivity index (χ4n) is 3.42. The molecule has 0 aromatic heterocycles. The number of nitrogens with one attached hydrogen (secondary N) is 2. The summed E-state index contributed by atoms with van der Waals surface area (Å²) in [5.41, 5.74) is 4.90. The summed E-state index contributed by atoms with van der Waals surface area (Å²) in [6.07, 6.45) is 0.731. The predicted octanol–water partition coefficient (Wildman–Crippen LogP) is 3.61. The summed E-state index contributed by atoms with van der Waals surface area (Å²) >= 11 is 0. The molecule has 1 saturated carbocycles. The normalized spacial score (nSPS) is 18.3. The van der Waals surface area contributed by atoms with Gasteiger partial charge in [-0.3, -0.25) is 9.59 Å². The Morgan fingerprint density at radius 3 is 2.31 bits per heavy atom. The summed E-state index contributed by atoms with van der Waals surface area (Å²) in [5.74, 6) is -0.690. The van der Waals surface area contributed by atoms with Crippen molar-refractivity contribution in [2.24, 2.45) is 5.92 Å². The molecule has 0 saturated heterocycles. The molecule has 2 aromatic rings. The molecule has 3 rings (SSSR count). The summed E-state index contributed by atoms with van der Waals surface area (Å²) in [6.45, 7) is 5.86. The van der Waals surface area contributed by atoms with Gasteiger partial charge in [-0.15, -0.1) is 0 Å². The van der Waals surface area contributed by atoms with Crippen LogP contribution in [0.3, 0.4) is 0 Å². The van der Waals surface area contributed by atoms with Crippen LogP contribution in [0.25, 0.3) is 0 Å². The molecular formula is C21H23FN2O2. The van der Waals surface area contributed by atoms with E-state index in [0.29, 0.717) is 0 Å². The molecule has 1 aliphatic rings. The molecule has 0 spiro atoms. The van der Waals surface area contributed by atoms with Crippen LogP contribution in [-0.4, -0.2) is 18.4 Å². The molecule has 2 N–H and O–H groups in total. The summed E-state index contributed by atoms with van der Waals surface area (Å²) in [4.78, 5) is 24.4. The van der Waals surface area contributed by atoms with E-state index >= 15 is 0 Å². The lowest BCUT2D eigenvalue weighted by molar-refractivity contribution is -0.125. The third-order valence-corrected chi connectivity index (χ3v) is 4.79. The van der Waals surface area contributed by atoms with Crippen LogP contribution in [0.4, 0.5) is 10.1 Å². The molecule has 0 aliphatic heterocycles. The number of carbonyl (C=O) groups excluding carboxylic acids is 2. The monoisotopic (exact) mass is 354 g/mol. The molecule has 1 aliphatic carbocycles. The molecule has 2 aromatic carbocycles. The standard InChI is InChI=1S/C21H23FN2O2/c1-12-8-13(2)20(14(3)9-12)24-19(25)11-23-21(26)18-10-17(18)15-4-6-16(22)7-5-15/h4-9,17-18H,10-11H2,1-3H3,(H,23,26)(H,24,25). The van der Waals surface area contributed by atoms with Crippen LogP contribution in [0.15, 0.2) is 36.4 Å². The molecule has 4 nitrogen and oxygen atoms in total. The van der Waals surface area contributed by atoms with Crippen LogP contribution in [-0.2, 0) is 9.59 Å². The van der Waals surface area contributed by atoms with E-state index in [-0.39, 0.29) is 36.0 Å². The van der Waals surface area contributed by atoms with E-state index < -0.39 is 0 Å². The summed E-state index contributed by atoms with van der Waals surface area (Å²) in [7, 11) is 0. The quantitative estimate of drug-likeness (QED) is 0.862. The number of aryl methyl sites for hydroxylation is 3. The highest BCUT2D eigenvalue weighted by atomic mass is 19.1. The Morgan fingerprint density at radius 2 is 1.69 bits per heavy atom. The van der Waals surface area contributed by atoms with Crippen molar-refractivity contribution in [3.05, 3.63) is 64.5 Å². The van der Waals surface area contributed by atoms with Gasteiger partial charge in [0, 0.05) is 11.6 Å². The Balaban J connectivity index is 1.51. The zero-order chi connectivity index (χ0) is 18.8. The summed E-state index contributed by atoms with van der Waals surface area (Å²) < 4.78 is 13.0. The lowest BCUT2D eigenvalue weighted by Gasteiger charge is -2.13. The van der Waals surface area contributed by atoms with Gasteiger partial charge in [0.05, 0.1) is 6.54 Å². The second-order valence-corrected chi connectivity index (χ2v) is 7.04. The van der Waals surface area contributed by atoms with Crippen LogP contribution in [0.2, 0.25) is 0 Å². The van der Waals surface area contributed by atoms with Crippen LogP contribution in [0.5, 0.6) is 0 Å². The molecule has 136 valence electrons. The Bertz CT molecular complexity index is 823. The number of hydrogen-bond acceptors (Lipinski definition) is 2. The number of benzene rings is 2. The first-order chi connectivity index (χ1) is 12.3. The van der Waals surface area contributed by atoms with E-state index in [1.807, 2.05) is 32.9 Å². The third kappa shape index (κ3) is 4.10. The number of hydrogen-bond donors (Lipinski definition) is 2. The molecule has 5 heteroatoms. The van der Waals surface area contributed by atoms with Crippen molar-refractivity contribution in [1.29, 1.82) is 0 Å². The highest BCUT2D eigenvalue weighted by Gasteiger charge is 2.43. The minimum atomic E-state index is -0.284. The second-order valence-electron chi connectivity index (χ2n) is 7.04. The van der Waals surface area contributed by atoms with Gasteiger partial charge < -0.3 is 10.6 Å².